The molecule has 3 atom stereocenters. The lowest BCUT2D eigenvalue weighted by molar-refractivity contribution is 0.389. The average molecular weight is 269 g/mol. The highest BCUT2D eigenvalue weighted by Crippen LogP contribution is 2.54. The van der Waals surface area contributed by atoms with E-state index in [-0.39, 0.29) is 6.04 Å². The van der Waals surface area contributed by atoms with Gasteiger partial charge in [0.25, 0.3) is 0 Å². The molecule has 1 saturated carbocycles. The molecule has 4 nitrogen and oxygen atoms in total. The van der Waals surface area contributed by atoms with E-state index in [4.69, 9.17) is 10.6 Å². The highest BCUT2D eigenvalue weighted by atomic mass is 16.5. The average Bonchev–Trinajstić information content (AvgIpc) is 3.30. The molecule has 3 rings (SSSR count). The highest BCUT2D eigenvalue weighted by Gasteiger charge is 2.44. The van der Waals surface area contributed by atoms with Crippen molar-refractivity contribution in [3.05, 3.63) is 59.9 Å². The number of aromatic nitrogens is 1. The molecule has 0 saturated heterocycles. The predicted octanol–water partition coefficient (Wildman–Crippen LogP) is 2.40. The maximum Gasteiger partial charge on any atom is 0.141 e. The lowest BCUT2D eigenvalue weighted by Crippen LogP contribution is -2.30. The third-order valence-electron chi connectivity index (χ3n) is 4.05. The van der Waals surface area contributed by atoms with Crippen molar-refractivity contribution in [2.75, 3.05) is 7.11 Å². The summed E-state index contributed by atoms with van der Waals surface area (Å²) in [4.78, 5) is 4.10. The molecule has 1 fully saturated rings. The topological polar surface area (TPSA) is 60.2 Å². The number of ether oxygens (including phenoxy) is 1. The molecule has 1 aromatic heterocycles. The molecule has 4 heteroatoms. The van der Waals surface area contributed by atoms with Gasteiger partial charge < -0.3 is 4.74 Å². The van der Waals surface area contributed by atoms with Crippen molar-refractivity contribution in [2.45, 2.75) is 18.4 Å². The Morgan fingerprint density at radius 1 is 1.30 bits per heavy atom. The van der Waals surface area contributed by atoms with Crippen molar-refractivity contribution >= 4 is 0 Å². The fraction of sp³-hybridized carbons (Fsp3) is 0.312. The van der Waals surface area contributed by atoms with Gasteiger partial charge in [0, 0.05) is 11.8 Å². The maximum atomic E-state index is 5.78. The second-order valence-electron chi connectivity index (χ2n) is 5.18. The van der Waals surface area contributed by atoms with Gasteiger partial charge in [-0.25, -0.2) is 0 Å². The Morgan fingerprint density at radius 3 is 2.80 bits per heavy atom. The first kappa shape index (κ1) is 13.1. The number of benzene rings is 1. The Morgan fingerprint density at radius 2 is 2.10 bits per heavy atom. The van der Waals surface area contributed by atoms with Gasteiger partial charge in [0.15, 0.2) is 0 Å². The van der Waals surface area contributed by atoms with Crippen LogP contribution in [0.1, 0.15) is 29.5 Å². The van der Waals surface area contributed by atoms with Crippen LogP contribution in [0.25, 0.3) is 0 Å². The zero-order chi connectivity index (χ0) is 13.9. The fourth-order valence-corrected chi connectivity index (χ4v) is 2.93. The number of hydrazine groups is 1. The van der Waals surface area contributed by atoms with E-state index < -0.39 is 0 Å². The summed E-state index contributed by atoms with van der Waals surface area (Å²) < 4.78 is 5.39. The van der Waals surface area contributed by atoms with Crippen LogP contribution in [0.15, 0.2) is 48.8 Å². The molecule has 0 radical (unpaired) electrons. The van der Waals surface area contributed by atoms with Crippen molar-refractivity contribution in [1.82, 2.24) is 10.4 Å². The third kappa shape index (κ3) is 2.40. The van der Waals surface area contributed by atoms with E-state index in [1.54, 1.807) is 19.5 Å². The third-order valence-corrected chi connectivity index (χ3v) is 4.05. The van der Waals surface area contributed by atoms with E-state index >= 15 is 0 Å². The Hall–Kier alpha value is -1.91. The van der Waals surface area contributed by atoms with Crippen LogP contribution in [0.3, 0.4) is 0 Å². The Balaban J connectivity index is 1.82. The summed E-state index contributed by atoms with van der Waals surface area (Å²) in [6, 6.07) is 12.7. The number of nitrogens with one attached hydrogen (secondary N) is 1. The van der Waals surface area contributed by atoms with E-state index in [0.29, 0.717) is 11.8 Å². The van der Waals surface area contributed by atoms with Crippen LogP contribution in [0, 0.1) is 5.92 Å². The molecule has 3 N–H and O–H groups in total. The zero-order valence-electron chi connectivity index (χ0n) is 11.5. The van der Waals surface area contributed by atoms with Gasteiger partial charge in [-0.15, -0.1) is 0 Å². The number of hydrogen-bond acceptors (Lipinski definition) is 4. The molecule has 1 aromatic carbocycles. The van der Waals surface area contributed by atoms with Gasteiger partial charge in [-0.1, -0.05) is 30.3 Å². The predicted molar refractivity (Wildman–Crippen MR) is 78.1 cm³/mol. The number of hydrogen-bond donors (Lipinski definition) is 2. The second-order valence-corrected chi connectivity index (χ2v) is 5.18. The van der Waals surface area contributed by atoms with Gasteiger partial charge in [0.2, 0.25) is 0 Å². The molecule has 3 unspecified atom stereocenters. The molecule has 1 heterocycles. The van der Waals surface area contributed by atoms with Crippen molar-refractivity contribution in [3.63, 3.8) is 0 Å². The van der Waals surface area contributed by atoms with Crippen LogP contribution in [0.4, 0.5) is 0 Å². The molecule has 0 spiro atoms. The largest absolute Gasteiger partial charge is 0.495 e. The molecule has 104 valence electrons. The summed E-state index contributed by atoms with van der Waals surface area (Å²) in [5.74, 6) is 7.63. The lowest BCUT2D eigenvalue weighted by atomic mass is 9.99. The number of pyridine rings is 1. The molecule has 2 aromatic rings. The van der Waals surface area contributed by atoms with E-state index in [1.165, 1.54) is 5.56 Å². The lowest BCUT2D eigenvalue weighted by Gasteiger charge is -2.19. The molecule has 0 amide bonds. The van der Waals surface area contributed by atoms with Gasteiger partial charge in [-0.3, -0.25) is 16.3 Å². The summed E-state index contributed by atoms with van der Waals surface area (Å²) >= 11 is 0. The first-order valence-electron chi connectivity index (χ1n) is 6.84. The monoisotopic (exact) mass is 269 g/mol. The van der Waals surface area contributed by atoms with E-state index in [0.717, 1.165) is 17.7 Å². The Kier molecular flexibility index (Phi) is 3.67. The smallest absolute Gasteiger partial charge is 0.141 e. The number of nitrogens with zero attached hydrogens (tertiary/aromatic N) is 1. The molecule has 0 bridgehead atoms. The van der Waals surface area contributed by atoms with Crippen LogP contribution >= 0.6 is 0 Å². The minimum atomic E-state index is 0.0955. The molecule has 20 heavy (non-hydrogen) atoms. The van der Waals surface area contributed by atoms with Crippen LogP contribution in [-0.2, 0) is 0 Å². The fourth-order valence-electron chi connectivity index (χ4n) is 2.93. The van der Waals surface area contributed by atoms with E-state index in [1.807, 2.05) is 12.1 Å². The first-order chi connectivity index (χ1) is 9.85. The number of nitrogens with two attached hydrogens (primary N) is 1. The summed E-state index contributed by atoms with van der Waals surface area (Å²) in [5, 5.41) is 0. The molecule has 1 aliphatic rings. The summed E-state index contributed by atoms with van der Waals surface area (Å²) in [5.41, 5.74) is 5.40. The number of rotatable bonds is 5. The molecule has 1 aliphatic carbocycles. The van der Waals surface area contributed by atoms with Crippen LogP contribution in [0.2, 0.25) is 0 Å². The second kappa shape index (κ2) is 5.61. The van der Waals surface area contributed by atoms with E-state index in [2.05, 4.69) is 34.7 Å². The van der Waals surface area contributed by atoms with Crippen LogP contribution in [0.5, 0.6) is 5.75 Å². The molecule has 0 aliphatic heterocycles. The summed E-state index contributed by atoms with van der Waals surface area (Å²) in [6.45, 7) is 0. The van der Waals surface area contributed by atoms with Crippen molar-refractivity contribution in [2.24, 2.45) is 11.8 Å². The van der Waals surface area contributed by atoms with Crippen molar-refractivity contribution in [1.29, 1.82) is 0 Å². The van der Waals surface area contributed by atoms with Gasteiger partial charge in [-0.05, 0) is 29.9 Å². The standard InChI is InChI=1S/C16H19N3O/c1-20-15-10-18-8-7-12(15)16(19-17)14-9-13(14)11-5-3-2-4-6-11/h2-8,10,13-14,16,19H,9,17H2,1H3. The van der Waals surface area contributed by atoms with Gasteiger partial charge >= 0.3 is 0 Å². The normalized spacial score (nSPS) is 22.3. The van der Waals surface area contributed by atoms with Gasteiger partial charge in [-0.2, -0.15) is 0 Å². The minimum absolute atomic E-state index is 0.0955. The van der Waals surface area contributed by atoms with Gasteiger partial charge in [0.1, 0.15) is 5.75 Å². The van der Waals surface area contributed by atoms with Gasteiger partial charge in [0.05, 0.1) is 19.3 Å². The van der Waals surface area contributed by atoms with Crippen molar-refractivity contribution in [3.8, 4) is 5.75 Å². The minimum Gasteiger partial charge on any atom is -0.495 e. The zero-order valence-corrected chi connectivity index (χ0v) is 11.5. The quantitative estimate of drug-likeness (QED) is 0.646. The number of methoxy groups -OCH3 is 1. The van der Waals surface area contributed by atoms with Crippen LogP contribution < -0.4 is 16.0 Å². The maximum absolute atomic E-state index is 5.78. The molecular weight excluding hydrogens is 250 g/mol. The van der Waals surface area contributed by atoms with Crippen LogP contribution in [-0.4, -0.2) is 12.1 Å². The summed E-state index contributed by atoms with van der Waals surface area (Å²) in [6.07, 6.45) is 4.66. The Labute approximate surface area is 119 Å². The van der Waals surface area contributed by atoms with Crippen molar-refractivity contribution < 1.29 is 4.74 Å². The molecular formula is C16H19N3O. The SMILES string of the molecule is COc1cnccc1C(NN)C1CC1c1ccccc1. The summed E-state index contributed by atoms with van der Waals surface area (Å²) in [7, 11) is 1.66. The highest BCUT2D eigenvalue weighted by molar-refractivity contribution is 5.36. The first-order valence-corrected chi connectivity index (χ1v) is 6.84. The Bertz CT molecular complexity index is 573. The van der Waals surface area contributed by atoms with E-state index in [9.17, 15) is 0 Å².